The van der Waals surface area contributed by atoms with Gasteiger partial charge in [-0.3, -0.25) is 4.79 Å². The molecule has 1 aromatic carbocycles. The van der Waals surface area contributed by atoms with E-state index in [1.54, 1.807) is 12.1 Å². The van der Waals surface area contributed by atoms with Gasteiger partial charge in [0.15, 0.2) is 6.61 Å². The highest BCUT2D eigenvalue weighted by Gasteiger charge is 2.63. The zero-order valence-electron chi connectivity index (χ0n) is 22.1. The van der Waals surface area contributed by atoms with Crippen molar-refractivity contribution < 1.29 is 19.8 Å². The zero-order valence-corrected chi connectivity index (χ0v) is 22.1. The van der Waals surface area contributed by atoms with Crippen LogP contribution in [0.2, 0.25) is 0 Å². The Labute approximate surface area is 220 Å². The number of carbonyl (C=O) groups is 1. The van der Waals surface area contributed by atoms with E-state index in [1.165, 1.54) is 5.57 Å². The van der Waals surface area contributed by atoms with Gasteiger partial charge in [-0.15, -0.1) is 6.42 Å². The smallest absolute Gasteiger partial charge is 0.260 e. The molecule has 3 saturated carbocycles. The first-order valence-corrected chi connectivity index (χ1v) is 13.8. The maximum Gasteiger partial charge on any atom is 0.260 e. The minimum atomic E-state index is -0.957. The summed E-state index contributed by atoms with van der Waals surface area (Å²) in [6, 6.07) is 6.98. The standard InChI is InChI=1S/C31H40N2O4/c1-4-31(36)17-13-27-25-10-7-22-19-23(11-15-29(22,2)26(25)12-16-30(27,31)3)33-37-20-28(35)32-18-14-21-5-8-24(34)9-6-21/h1,5-6,8-9,19,25-27,34,36H,7,10-18,20H2,2-3H3,(H,32,35)/t25?,26?,27?,29-,30-,31+/m0/s1. The van der Waals surface area contributed by atoms with Crippen LogP contribution in [0.3, 0.4) is 0 Å². The van der Waals surface area contributed by atoms with E-state index in [1.807, 2.05) is 12.1 Å². The predicted octanol–water partition coefficient (Wildman–Crippen LogP) is 4.75. The fourth-order valence-electron chi connectivity index (χ4n) is 8.13. The minimum Gasteiger partial charge on any atom is -0.508 e. The van der Waals surface area contributed by atoms with Crippen molar-refractivity contribution in [3.63, 3.8) is 0 Å². The molecule has 6 atom stereocenters. The Balaban J connectivity index is 1.16. The van der Waals surface area contributed by atoms with E-state index in [9.17, 15) is 15.0 Å². The molecule has 1 aromatic rings. The molecule has 0 aromatic heterocycles. The number of fused-ring (bicyclic) bond motifs is 5. The van der Waals surface area contributed by atoms with Crippen LogP contribution in [-0.4, -0.2) is 40.6 Å². The largest absolute Gasteiger partial charge is 0.508 e. The monoisotopic (exact) mass is 504 g/mol. The van der Waals surface area contributed by atoms with Gasteiger partial charge in [-0.05, 0) is 105 Å². The van der Waals surface area contributed by atoms with Gasteiger partial charge in [-0.25, -0.2) is 0 Å². The van der Waals surface area contributed by atoms with Crippen molar-refractivity contribution in [1.82, 2.24) is 5.32 Å². The Kier molecular flexibility index (Phi) is 6.87. The van der Waals surface area contributed by atoms with Crippen LogP contribution in [0.15, 0.2) is 41.1 Å². The summed E-state index contributed by atoms with van der Waals surface area (Å²) in [5.41, 5.74) is 2.47. The van der Waals surface area contributed by atoms with Crippen molar-refractivity contribution in [2.75, 3.05) is 13.2 Å². The quantitative estimate of drug-likeness (QED) is 0.385. The van der Waals surface area contributed by atoms with Crippen LogP contribution < -0.4 is 5.32 Å². The van der Waals surface area contributed by atoms with Crippen molar-refractivity contribution in [2.24, 2.45) is 33.7 Å². The van der Waals surface area contributed by atoms with Crippen LogP contribution >= 0.6 is 0 Å². The summed E-state index contributed by atoms with van der Waals surface area (Å²) in [5, 5.41) is 27.7. The molecule has 4 aliphatic rings. The maximum absolute atomic E-state index is 12.2. The van der Waals surface area contributed by atoms with Gasteiger partial charge in [0, 0.05) is 12.0 Å². The van der Waals surface area contributed by atoms with E-state index in [0.29, 0.717) is 30.7 Å². The molecule has 0 bridgehead atoms. The summed E-state index contributed by atoms with van der Waals surface area (Å²) in [4.78, 5) is 17.6. The topological polar surface area (TPSA) is 91.2 Å². The number of terminal acetylenes is 1. The van der Waals surface area contributed by atoms with Crippen molar-refractivity contribution in [3.8, 4) is 18.1 Å². The number of phenols is 1. The Hall–Kier alpha value is -2.78. The second-order valence-electron chi connectivity index (χ2n) is 12.1. The van der Waals surface area contributed by atoms with Gasteiger partial charge in [0.1, 0.15) is 11.4 Å². The van der Waals surface area contributed by atoms with E-state index < -0.39 is 5.60 Å². The Morgan fingerprint density at radius 3 is 2.65 bits per heavy atom. The minimum absolute atomic E-state index is 0.0947. The predicted molar refractivity (Wildman–Crippen MR) is 144 cm³/mol. The molecule has 3 fully saturated rings. The Morgan fingerprint density at radius 2 is 1.89 bits per heavy atom. The molecule has 0 saturated heterocycles. The summed E-state index contributed by atoms with van der Waals surface area (Å²) in [7, 11) is 0. The fourth-order valence-corrected chi connectivity index (χ4v) is 8.13. The van der Waals surface area contributed by atoms with Gasteiger partial charge in [-0.1, -0.05) is 42.6 Å². The summed E-state index contributed by atoms with van der Waals surface area (Å²) in [6.45, 7) is 5.08. The molecule has 1 amide bonds. The molecule has 3 unspecified atom stereocenters. The van der Waals surface area contributed by atoms with Crippen LogP contribution in [0.4, 0.5) is 0 Å². The lowest BCUT2D eigenvalue weighted by molar-refractivity contribution is -0.125. The second-order valence-corrected chi connectivity index (χ2v) is 12.1. The molecule has 198 valence electrons. The van der Waals surface area contributed by atoms with Crippen LogP contribution in [0.1, 0.15) is 70.8 Å². The van der Waals surface area contributed by atoms with Crippen LogP contribution in [-0.2, 0) is 16.1 Å². The number of benzene rings is 1. The molecule has 37 heavy (non-hydrogen) atoms. The number of nitrogens with zero attached hydrogens (tertiary/aromatic N) is 1. The Morgan fingerprint density at radius 1 is 1.14 bits per heavy atom. The molecule has 6 nitrogen and oxygen atoms in total. The van der Waals surface area contributed by atoms with Gasteiger partial charge in [-0.2, -0.15) is 0 Å². The average Bonchev–Trinajstić information content (AvgIpc) is 3.16. The van der Waals surface area contributed by atoms with Gasteiger partial charge < -0.3 is 20.4 Å². The normalized spacial score (nSPS) is 37.5. The summed E-state index contributed by atoms with van der Waals surface area (Å²) < 4.78 is 0. The van der Waals surface area contributed by atoms with E-state index in [0.717, 1.165) is 62.6 Å². The molecular weight excluding hydrogens is 464 g/mol. The highest BCUT2D eigenvalue weighted by Crippen LogP contribution is 2.67. The van der Waals surface area contributed by atoms with Gasteiger partial charge in [0.25, 0.3) is 5.91 Å². The molecule has 0 radical (unpaired) electrons. The number of aromatic hydroxyl groups is 1. The number of carbonyl (C=O) groups excluding carboxylic acids is 1. The third kappa shape index (κ3) is 4.56. The van der Waals surface area contributed by atoms with E-state index in [4.69, 9.17) is 11.3 Å². The third-order valence-corrected chi connectivity index (χ3v) is 10.4. The molecule has 4 aliphatic carbocycles. The van der Waals surface area contributed by atoms with Crippen LogP contribution in [0, 0.1) is 40.9 Å². The van der Waals surface area contributed by atoms with Crippen molar-refractivity contribution in [1.29, 1.82) is 0 Å². The van der Waals surface area contributed by atoms with E-state index in [2.05, 4.69) is 36.3 Å². The number of aliphatic hydroxyl groups is 1. The number of allylic oxidation sites excluding steroid dienone is 2. The number of hydrogen-bond acceptors (Lipinski definition) is 5. The number of amides is 1. The summed E-state index contributed by atoms with van der Waals surface area (Å²) in [5.74, 6) is 4.55. The lowest BCUT2D eigenvalue weighted by atomic mass is 9.46. The molecule has 3 N–H and O–H groups in total. The number of oxime groups is 1. The van der Waals surface area contributed by atoms with Crippen molar-refractivity contribution in [2.45, 2.75) is 77.2 Å². The van der Waals surface area contributed by atoms with E-state index >= 15 is 0 Å². The van der Waals surface area contributed by atoms with Crippen LogP contribution in [0.25, 0.3) is 0 Å². The highest BCUT2D eigenvalue weighted by molar-refractivity contribution is 5.96. The fraction of sp³-hybridized carbons (Fsp3) is 0.613. The lowest BCUT2D eigenvalue weighted by Gasteiger charge is -2.58. The third-order valence-electron chi connectivity index (χ3n) is 10.4. The second kappa shape index (κ2) is 9.83. The first-order chi connectivity index (χ1) is 17.7. The van der Waals surface area contributed by atoms with Gasteiger partial charge in [0.2, 0.25) is 0 Å². The van der Waals surface area contributed by atoms with Gasteiger partial charge in [0.05, 0.1) is 5.71 Å². The number of rotatable bonds is 6. The molecule has 5 rings (SSSR count). The zero-order chi connectivity index (χ0) is 26.3. The first-order valence-electron chi connectivity index (χ1n) is 13.8. The molecule has 0 aliphatic heterocycles. The van der Waals surface area contributed by atoms with Gasteiger partial charge >= 0.3 is 0 Å². The number of nitrogens with one attached hydrogen (secondary N) is 1. The molecule has 0 heterocycles. The Bertz CT molecular complexity index is 1130. The van der Waals surface area contributed by atoms with E-state index in [-0.39, 0.29) is 29.1 Å². The SMILES string of the molecule is C#C[C@@]1(O)CCC2C3CCC4=CC(=NOCC(=O)NCCc5ccc(O)cc5)CC[C@]4(C)C3CC[C@@]21C. The summed E-state index contributed by atoms with van der Waals surface area (Å²) >= 11 is 0. The number of hydrogen-bond donors (Lipinski definition) is 3. The number of phenolic OH excluding ortho intramolecular Hbond substituents is 1. The maximum atomic E-state index is 12.2. The molecule has 0 spiro atoms. The molecule has 6 heteroatoms. The molecular formula is C31H40N2O4. The highest BCUT2D eigenvalue weighted by atomic mass is 16.6. The lowest BCUT2D eigenvalue weighted by Crippen LogP contribution is -2.54. The average molecular weight is 505 g/mol. The van der Waals surface area contributed by atoms with Crippen LogP contribution in [0.5, 0.6) is 5.75 Å². The van der Waals surface area contributed by atoms with Crippen molar-refractivity contribution >= 4 is 11.6 Å². The first kappa shape index (κ1) is 25.9. The summed E-state index contributed by atoms with van der Waals surface area (Å²) in [6.07, 6.45) is 16.7. The van der Waals surface area contributed by atoms with Crippen molar-refractivity contribution in [3.05, 3.63) is 41.5 Å².